The van der Waals surface area contributed by atoms with E-state index in [9.17, 15) is 26.3 Å². The molecule has 0 atom stereocenters. The Morgan fingerprint density at radius 3 is 2.30 bits per heavy atom. The summed E-state index contributed by atoms with van der Waals surface area (Å²) in [5, 5.41) is 2.56. The van der Waals surface area contributed by atoms with Crippen LogP contribution in [0.25, 0.3) is 11.4 Å². The summed E-state index contributed by atoms with van der Waals surface area (Å²) < 4.78 is 80.9. The summed E-state index contributed by atoms with van der Waals surface area (Å²) in [7, 11) is 0. The fraction of sp³-hybridized carbons (Fsp3) is 0.211. The van der Waals surface area contributed by atoms with E-state index in [0.717, 1.165) is 17.7 Å². The van der Waals surface area contributed by atoms with Gasteiger partial charge in [0.05, 0.1) is 5.56 Å². The zero-order chi connectivity index (χ0) is 21.9. The Kier molecular flexibility index (Phi) is 5.81. The highest BCUT2D eigenvalue weighted by Gasteiger charge is 2.31. The van der Waals surface area contributed by atoms with Gasteiger partial charge in [0.1, 0.15) is 0 Å². The molecular weight excluding hydrogens is 414 g/mol. The number of rotatable bonds is 5. The summed E-state index contributed by atoms with van der Waals surface area (Å²) in [4.78, 5) is 11.7. The predicted molar refractivity (Wildman–Crippen MR) is 96.3 cm³/mol. The first-order valence-electron chi connectivity index (χ1n) is 8.46. The summed E-state index contributed by atoms with van der Waals surface area (Å²) in [6.07, 6.45) is -9.19. The van der Waals surface area contributed by atoms with Gasteiger partial charge in [-0.05, 0) is 31.2 Å². The molecule has 0 aliphatic heterocycles. The summed E-state index contributed by atoms with van der Waals surface area (Å²) >= 11 is 0. The molecule has 11 heteroatoms. The van der Waals surface area contributed by atoms with E-state index >= 15 is 0 Å². The maximum Gasteiger partial charge on any atom is 0.422 e. The van der Waals surface area contributed by atoms with E-state index in [1.54, 1.807) is 31.2 Å². The van der Waals surface area contributed by atoms with Gasteiger partial charge in [-0.2, -0.15) is 41.3 Å². The number of aromatic nitrogens is 3. The fourth-order valence-electron chi connectivity index (χ4n) is 2.44. The van der Waals surface area contributed by atoms with E-state index in [0.29, 0.717) is 5.56 Å². The summed E-state index contributed by atoms with van der Waals surface area (Å²) in [6, 6.07) is 10.4. The van der Waals surface area contributed by atoms with Crippen LogP contribution in [0.5, 0.6) is 6.01 Å². The van der Waals surface area contributed by atoms with Crippen LogP contribution in [-0.2, 0) is 6.18 Å². The van der Waals surface area contributed by atoms with Crippen molar-refractivity contribution in [1.29, 1.82) is 0 Å². The first-order valence-corrected chi connectivity index (χ1v) is 8.46. The number of anilines is 2. The minimum Gasteiger partial charge on any atom is -0.454 e. The lowest BCUT2D eigenvalue weighted by Gasteiger charge is -2.12. The molecule has 1 N–H and O–H groups in total. The molecule has 3 rings (SSSR count). The first kappa shape index (κ1) is 21.3. The molecule has 0 unspecified atom stereocenters. The van der Waals surface area contributed by atoms with Gasteiger partial charge in [0, 0.05) is 11.3 Å². The Morgan fingerprint density at radius 2 is 1.63 bits per heavy atom. The van der Waals surface area contributed by atoms with E-state index in [1.807, 2.05) is 0 Å². The highest BCUT2D eigenvalue weighted by molar-refractivity contribution is 5.60. The second-order valence-corrected chi connectivity index (χ2v) is 6.24. The highest BCUT2D eigenvalue weighted by Crippen LogP contribution is 2.31. The number of aryl methyl sites for hydroxylation is 1. The maximum atomic E-state index is 12.9. The fourth-order valence-corrected chi connectivity index (χ4v) is 2.44. The van der Waals surface area contributed by atoms with Crippen LogP contribution in [0.3, 0.4) is 0 Å². The van der Waals surface area contributed by atoms with Crippen molar-refractivity contribution in [3.05, 3.63) is 59.7 Å². The smallest absolute Gasteiger partial charge is 0.422 e. The number of nitrogens with zero attached hydrogens (tertiary/aromatic N) is 3. The summed E-state index contributed by atoms with van der Waals surface area (Å²) in [5.74, 6) is -0.265. The van der Waals surface area contributed by atoms with Crippen molar-refractivity contribution < 1.29 is 31.1 Å². The number of nitrogens with one attached hydrogen (secondary N) is 1. The molecule has 0 bridgehead atoms. The molecule has 1 heterocycles. The third kappa shape index (κ3) is 5.82. The van der Waals surface area contributed by atoms with Crippen LogP contribution in [0, 0.1) is 6.92 Å². The number of ether oxygens (including phenoxy) is 1. The molecule has 3 aromatic rings. The number of alkyl halides is 6. The molecule has 5 nitrogen and oxygen atoms in total. The highest BCUT2D eigenvalue weighted by atomic mass is 19.4. The average molecular weight is 428 g/mol. The summed E-state index contributed by atoms with van der Waals surface area (Å²) in [6.45, 7) is 0.167. The van der Waals surface area contributed by atoms with Gasteiger partial charge in [0.25, 0.3) is 0 Å². The third-order valence-corrected chi connectivity index (χ3v) is 3.70. The lowest BCUT2D eigenvalue weighted by Crippen LogP contribution is -2.20. The van der Waals surface area contributed by atoms with E-state index < -0.39 is 30.5 Å². The molecule has 30 heavy (non-hydrogen) atoms. The SMILES string of the molecule is Cc1cccc(-c2nc(Nc3cccc(C(F)(F)F)c3)nc(OCC(F)(F)F)n2)c1. The molecule has 0 aliphatic rings. The number of benzene rings is 2. The second kappa shape index (κ2) is 8.17. The minimum absolute atomic E-state index is 0.000325. The third-order valence-electron chi connectivity index (χ3n) is 3.70. The number of hydrogen-bond donors (Lipinski definition) is 1. The van der Waals surface area contributed by atoms with Gasteiger partial charge in [-0.3, -0.25) is 0 Å². The van der Waals surface area contributed by atoms with E-state index in [-0.39, 0.29) is 17.5 Å². The molecule has 0 fully saturated rings. The molecule has 1 aromatic heterocycles. The van der Waals surface area contributed by atoms with Crippen LogP contribution in [0.15, 0.2) is 48.5 Å². The van der Waals surface area contributed by atoms with Crippen molar-refractivity contribution in [3.8, 4) is 17.4 Å². The van der Waals surface area contributed by atoms with Crippen molar-refractivity contribution >= 4 is 11.6 Å². The van der Waals surface area contributed by atoms with Crippen LogP contribution >= 0.6 is 0 Å². The first-order chi connectivity index (χ1) is 14.0. The Hall–Kier alpha value is -3.37. The number of halogens is 6. The van der Waals surface area contributed by atoms with Crippen LogP contribution < -0.4 is 10.1 Å². The predicted octanol–water partition coefficient (Wildman–Crippen LogP) is 5.55. The van der Waals surface area contributed by atoms with Crippen molar-refractivity contribution in [3.63, 3.8) is 0 Å². The van der Waals surface area contributed by atoms with Gasteiger partial charge in [0.2, 0.25) is 5.95 Å². The largest absolute Gasteiger partial charge is 0.454 e. The second-order valence-electron chi connectivity index (χ2n) is 6.24. The quantitative estimate of drug-likeness (QED) is 0.540. The molecule has 0 amide bonds. The summed E-state index contributed by atoms with van der Waals surface area (Å²) in [5.41, 5.74) is 0.404. The minimum atomic E-state index is -4.62. The molecule has 0 spiro atoms. The van der Waals surface area contributed by atoms with Crippen LogP contribution in [-0.4, -0.2) is 27.7 Å². The number of hydrogen-bond acceptors (Lipinski definition) is 5. The van der Waals surface area contributed by atoms with E-state index in [2.05, 4.69) is 25.0 Å². The van der Waals surface area contributed by atoms with Crippen molar-refractivity contribution in [1.82, 2.24) is 15.0 Å². The van der Waals surface area contributed by atoms with Crippen LogP contribution in [0.2, 0.25) is 0 Å². The lowest BCUT2D eigenvalue weighted by molar-refractivity contribution is -0.154. The van der Waals surface area contributed by atoms with Gasteiger partial charge in [-0.1, -0.05) is 29.8 Å². The molecular formula is C19H14F6N4O. The van der Waals surface area contributed by atoms with Crippen LogP contribution in [0.1, 0.15) is 11.1 Å². The normalized spacial score (nSPS) is 12.0. The zero-order valence-electron chi connectivity index (χ0n) is 15.3. The van der Waals surface area contributed by atoms with Gasteiger partial charge < -0.3 is 10.1 Å². The Bertz CT molecular complexity index is 1040. The molecule has 0 radical (unpaired) electrons. The Labute approximate surface area is 166 Å². The standard InChI is InChI=1S/C19H14F6N4O/c1-11-4-2-5-12(8-11)15-27-16(29-17(28-15)30-10-18(20,21)22)26-14-7-3-6-13(9-14)19(23,24)25/h2-9H,10H2,1H3,(H,26,27,28,29). The van der Waals surface area contributed by atoms with Crippen LogP contribution in [0.4, 0.5) is 38.0 Å². The molecule has 2 aromatic carbocycles. The molecule has 158 valence electrons. The average Bonchev–Trinajstić information content (AvgIpc) is 2.65. The van der Waals surface area contributed by atoms with Gasteiger partial charge in [-0.25, -0.2) is 0 Å². The van der Waals surface area contributed by atoms with Gasteiger partial charge in [-0.15, -0.1) is 0 Å². The molecule has 0 saturated carbocycles. The molecule has 0 saturated heterocycles. The van der Waals surface area contributed by atoms with Gasteiger partial charge >= 0.3 is 18.4 Å². The van der Waals surface area contributed by atoms with Crippen molar-refractivity contribution in [2.45, 2.75) is 19.3 Å². The molecule has 0 aliphatic carbocycles. The van der Waals surface area contributed by atoms with E-state index in [4.69, 9.17) is 0 Å². The zero-order valence-corrected chi connectivity index (χ0v) is 15.3. The van der Waals surface area contributed by atoms with Crippen molar-refractivity contribution in [2.24, 2.45) is 0 Å². The monoisotopic (exact) mass is 428 g/mol. The van der Waals surface area contributed by atoms with E-state index in [1.165, 1.54) is 12.1 Å². The Balaban J connectivity index is 1.97. The van der Waals surface area contributed by atoms with Gasteiger partial charge in [0.15, 0.2) is 12.4 Å². The maximum absolute atomic E-state index is 12.9. The Morgan fingerprint density at radius 1 is 0.900 bits per heavy atom. The topological polar surface area (TPSA) is 59.9 Å². The lowest BCUT2D eigenvalue weighted by atomic mass is 10.1. The van der Waals surface area contributed by atoms with Crippen molar-refractivity contribution in [2.75, 3.05) is 11.9 Å².